The van der Waals surface area contributed by atoms with E-state index in [9.17, 15) is 0 Å². The third-order valence-corrected chi connectivity index (χ3v) is 3.33. The van der Waals surface area contributed by atoms with Gasteiger partial charge in [-0.3, -0.25) is 9.98 Å². The summed E-state index contributed by atoms with van der Waals surface area (Å²) in [5.41, 5.74) is 2.14. The van der Waals surface area contributed by atoms with Gasteiger partial charge in [0.05, 0.1) is 6.61 Å². The van der Waals surface area contributed by atoms with Gasteiger partial charge in [0.1, 0.15) is 0 Å². The third kappa shape index (κ3) is 6.24. The molecule has 0 aliphatic carbocycles. The molecule has 24 heavy (non-hydrogen) atoms. The van der Waals surface area contributed by atoms with Crippen molar-refractivity contribution in [1.82, 2.24) is 20.6 Å². The summed E-state index contributed by atoms with van der Waals surface area (Å²) < 4.78 is 5.48. The second-order valence-electron chi connectivity index (χ2n) is 5.28. The van der Waals surface area contributed by atoms with Crippen molar-refractivity contribution in [3.05, 3.63) is 54.0 Å². The lowest BCUT2D eigenvalue weighted by atomic mass is 10.3. The zero-order valence-electron chi connectivity index (χ0n) is 14.3. The fourth-order valence-electron chi connectivity index (χ4n) is 2.07. The fraction of sp³-hybridized carbons (Fsp3) is 0.389. The lowest BCUT2D eigenvalue weighted by Crippen LogP contribution is -2.37. The minimum atomic E-state index is 0.657. The van der Waals surface area contributed by atoms with E-state index in [-0.39, 0.29) is 0 Å². The Bertz CT molecular complexity index is 613. The van der Waals surface area contributed by atoms with Crippen LogP contribution in [0.2, 0.25) is 0 Å². The van der Waals surface area contributed by atoms with E-state index >= 15 is 0 Å². The summed E-state index contributed by atoms with van der Waals surface area (Å²) >= 11 is 0. The van der Waals surface area contributed by atoms with E-state index in [1.54, 1.807) is 7.05 Å². The number of rotatable bonds is 8. The van der Waals surface area contributed by atoms with Gasteiger partial charge < -0.3 is 15.4 Å². The highest BCUT2D eigenvalue weighted by molar-refractivity contribution is 5.79. The Morgan fingerprint density at radius 3 is 2.75 bits per heavy atom. The maximum Gasteiger partial charge on any atom is 0.213 e. The van der Waals surface area contributed by atoms with Crippen molar-refractivity contribution in [1.29, 1.82) is 0 Å². The molecule has 0 saturated carbocycles. The van der Waals surface area contributed by atoms with Gasteiger partial charge in [0, 0.05) is 50.7 Å². The predicted molar refractivity (Wildman–Crippen MR) is 96.2 cm³/mol. The summed E-state index contributed by atoms with van der Waals surface area (Å²) in [6, 6.07) is 9.84. The molecule has 0 spiro atoms. The average molecular weight is 327 g/mol. The molecule has 0 aliphatic rings. The van der Waals surface area contributed by atoms with Gasteiger partial charge in [0.2, 0.25) is 5.88 Å². The van der Waals surface area contributed by atoms with E-state index in [0.717, 1.165) is 36.6 Å². The summed E-state index contributed by atoms with van der Waals surface area (Å²) in [6.45, 7) is 4.20. The standard InChI is InChI=1S/C18H25N5O/c1-3-12-24-17-8-7-15(13-22-17)14-23-18(19-2)21-11-9-16-6-4-5-10-20-16/h4-8,10,13H,3,9,11-12,14H2,1-2H3,(H2,19,21,23). The van der Waals surface area contributed by atoms with Gasteiger partial charge in [0.15, 0.2) is 5.96 Å². The molecule has 0 atom stereocenters. The Morgan fingerprint density at radius 1 is 1.17 bits per heavy atom. The zero-order chi connectivity index (χ0) is 17.0. The minimum absolute atomic E-state index is 0.657. The molecule has 0 radical (unpaired) electrons. The van der Waals surface area contributed by atoms with Crippen molar-refractivity contribution in [2.75, 3.05) is 20.2 Å². The molecule has 0 bridgehead atoms. The number of aromatic nitrogens is 2. The molecule has 2 heterocycles. The molecule has 0 fully saturated rings. The van der Waals surface area contributed by atoms with Crippen LogP contribution in [0.4, 0.5) is 0 Å². The van der Waals surface area contributed by atoms with Crippen molar-refractivity contribution in [3.8, 4) is 5.88 Å². The van der Waals surface area contributed by atoms with Crippen LogP contribution in [-0.2, 0) is 13.0 Å². The Hall–Kier alpha value is -2.63. The summed E-state index contributed by atoms with van der Waals surface area (Å²) in [7, 11) is 1.76. The van der Waals surface area contributed by atoms with E-state index < -0.39 is 0 Å². The Morgan fingerprint density at radius 2 is 2.08 bits per heavy atom. The third-order valence-electron chi connectivity index (χ3n) is 3.33. The lowest BCUT2D eigenvalue weighted by Gasteiger charge is -2.12. The molecule has 0 aliphatic heterocycles. The molecule has 0 amide bonds. The molecule has 0 saturated heterocycles. The van der Waals surface area contributed by atoms with Crippen LogP contribution in [0.25, 0.3) is 0 Å². The van der Waals surface area contributed by atoms with Crippen molar-refractivity contribution in [2.24, 2.45) is 4.99 Å². The normalized spacial score (nSPS) is 11.2. The zero-order valence-corrected chi connectivity index (χ0v) is 14.3. The van der Waals surface area contributed by atoms with Crippen molar-refractivity contribution >= 4 is 5.96 Å². The molecule has 2 rings (SSSR count). The van der Waals surface area contributed by atoms with Gasteiger partial charge in [-0.25, -0.2) is 4.98 Å². The summed E-state index contributed by atoms with van der Waals surface area (Å²) in [5.74, 6) is 1.43. The first-order valence-corrected chi connectivity index (χ1v) is 8.24. The first kappa shape index (κ1) is 17.7. The molecule has 2 aromatic heterocycles. The van der Waals surface area contributed by atoms with Crippen LogP contribution in [0.15, 0.2) is 47.7 Å². The first-order chi connectivity index (χ1) is 11.8. The number of ether oxygens (including phenoxy) is 1. The maximum atomic E-state index is 5.48. The Balaban J connectivity index is 1.73. The van der Waals surface area contributed by atoms with Gasteiger partial charge in [0.25, 0.3) is 0 Å². The molecule has 6 nitrogen and oxygen atoms in total. The van der Waals surface area contributed by atoms with Gasteiger partial charge in [-0.05, 0) is 24.1 Å². The van der Waals surface area contributed by atoms with Crippen LogP contribution >= 0.6 is 0 Å². The van der Waals surface area contributed by atoms with E-state index in [0.29, 0.717) is 19.0 Å². The highest BCUT2D eigenvalue weighted by atomic mass is 16.5. The average Bonchev–Trinajstić information content (AvgIpc) is 2.64. The lowest BCUT2D eigenvalue weighted by molar-refractivity contribution is 0.305. The van der Waals surface area contributed by atoms with Crippen molar-refractivity contribution in [2.45, 2.75) is 26.3 Å². The Labute approximate surface area is 143 Å². The monoisotopic (exact) mass is 327 g/mol. The molecular formula is C18H25N5O. The van der Waals surface area contributed by atoms with Gasteiger partial charge in [-0.1, -0.05) is 19.1 Å². The van der Waals surface area contributed by atoms with Gasteiger partial charge in [-0.15, -0.1) is 0 Å². The molecule has 128 valence electrons. The number of aliphatic imine (C=N–C) groups is 1. The van der Waals surface area contributed by atoms with Crippen LogP contribution in [0.1, 0.15) is 24.6 Å². The van der Waals surface area contributed by atoms with E-state index in [2.05, 4.69) is 32.5 Å². The first-order valence-electron chi connectivity index (χ1n) is 8.24. The number of hydrogen-bond acceptors (Lipinski definition) is 4. The number of nitrogens with zero attached hydrogens (tertiary/aromatic N) is 3. The van der Waals surface area contributed by atoms with Crippen LogP contribution in [0, 0.1) is 0 Å². The van der Waals surface area contributed by atoms with Crippen LogP contribution in [0.3, 0.4) is 0 Å². The van der Waals surface area contributed by atoms with Gasteiger partial charge in [-0.2, -0.15) is 0 Å². The number of pyridine rings is 2. The van der Waals surface area contributed by atoms with E-state index in [4.69, 9.17) is 4.74 Å². The molecule has 0 aromatic carbocycles. The van der Waals surface area contributed by atoms with Crippen LogP contribution in [0.5, 0.6) is 5.88 Å². The highest BCUT2D eigenvalue weighted by Gasteiger charge is 2.01. The Kier molecular flexibility index (Phi) is 7.53. The molecule has 0 unspecified atom stereocenters. The summed E-state index contributed by atoms with van der Waals surface area (Å²) in [4.78, 5) is 12.8. The highest BCUT2D eigenvalue weighted by Crippen LogP contribution is 2.07. The summed E-state index contributed by atoms with van der Waals surface area (Å²) in [5, 5.41) is 6.55. The molecule has 2 aromatic rings. The quantitative estimate of drug-likeness (QED) is 0.574. The largest absolute Gasteiger partial charge is 0.478 e. The topological polar surface area (TPSA) is 71.4 Å². The second kappa shape index (κ2) is 10.2. The number of nitrogens with one attached hydrogen (secondary N) is 2. The minimum Gasteiger partial charge on any atom is -0.478 e. The SMILES string of the molecule is CCCOc1ccc(CNC(=NC)NCCc2ccccn2)cn1. The van der Waals surface area contributed by atoms with Crippen molar-refractivity contribution in [3.63, 3.8) is 0 Å². The smallest absolute Gasteiger partial charge is 0.213 e. The van der Waals surface area contributed by atoms with E-state index in [1.165, 1.54) is 0 Å². The van der Waals surface area contributed by atoms with E-state index in [1.807, 2.05) is 42.7 Å². The molecule has 6 heteroatoms. The van der Waals surface area contributed by atoms with Gasteiger partial charge >= 0.3 is 0 Å². The maximum absolute atomic E-state index is 5.48. The second-order valence-corrected chi connectivity index (χ2v) is 5.28. The fourth-order valence-corrected chi connectivity index (χ4v) is 2.07. The molecule has 2 N–H and O–H groups in total. The molecular weight excluding hydrogens is 302 g/mol. The van der Waals surface area contributed by atoms with Crippen molar-refractivity contribution < 1.29 is 4.74 Å². The predicted octanol–water partition coefficient (Wildman–Crippen LogP) is 2.17. The number of hydrogen-bond donors (Lipinski definition) is 2. The van der Waals surface area contributed by atoms with Crippen LogP contribution in [-0.4, -0.2) is 36.1 Å². The number of guanidine groups is 1. The summed E-state index contributed by atoms with van der Waals surface area (Å²) in [6.07, 6.45) is 5.46. The van der Waals surface area contributed by atoms with Crippen LogP contribution < -0.4 is 15.4 Å².